The molecule has 0 radical (unpaired) electrons. The molecule has 0 amide bonds. The van der Waals surface area contributed by atoms with E-state index in [4.69, 9.17) is 30.4 Å². The number of hydrogen-bond donors (Lipinski definition) is 2. The SMILES string of the molecule is C=C(N)C1(S(=O)(=O)c2ccc(OCCCc3cccc(-c4ccc(C#N)cc4)c3)cc2)CCN(CCOC)CC1.CC(=O)O. The Morgan fingerprint density at radius 2 is 1.68 bits per heavy atom. The summed E-state index contributed by atoms with van der Waals surface area (Å²) in [4.78, 5) is 11.4. The zero-order valence-electron chi connectivity index (χ0n) is 25.4. The van der Waals surface area contributed by atoms with Crippen LogP contribution in [0.4, 0.5) is 0 Å². The van der Waals surface area contributed by atoms with E-state index in [9.17, 15) is 8.42 Å². The fourth-order valence-electron chi connectivity index (χ4n) is 5.17. The van der Waals surface area contributed by atoms with Crippen molar-refractivity contribution >= 4 is 15.8 Å². The molecule has 0 aliphatic carbocycles. The number of benzene rings is 3. The van der Waals surface area contributed by atoms with Crippen LogP contribution in [-0.2, 0) is 25.8 Å². The summed E-state index contributed by atoms with van der Waals surface area (Å²) in [6, 6.07) is 24.7. The average molecular weight is 620 g/mol. The Bertz CT molecular complexity index is 1540. The molecule has 0 spiro atoms. The Labute approximate surface area is 260 Å². The number of nitrogens with two attached hydrogens (primary N) is 1. The zero-order chi connectivity index (χ0) is 32.2. The van der Waals surface area contributed by atoms with Gasteiger partial charge in [0.2, 0.25) is 0 Å². The van der Waals surface area contributed by atoms with Crippen molar-refractivity contribution in [1.82, 2.24) is 4.90 Å². The number of hydrogen-bond acceptors (Lipinski definition) is 8. The van der Waals surface area contributed by atoms with E-state index in [0.717, 1.165) is 37.4 Å². The van der Waals surface area contributed by atoms with Gasteiger partial charge in [-0.3, -0.25) is 4.79 Å². The first-order chi connectivity index (χ1) is 21.0. The number of methoxy groups -OCH3 is 1. The summed E-state index contributed by atoms with van der Waals surface area (Å²) in [6.07, 6.45) is 2.46. The van der Waals surface area contributed by atoms with Crippen LogP contribution in [0.5, 0.6) is 5.75 Å². The Balaban J connectivity index is 0.00000124. The van der Waals surface area contributed by atoms with Crippen molar-refractivity contribution < 1.29 is 27.8 Å². The van der Waals surface area contributed by atoms with E-state index in [0.29, 0.717) is 50.5 Å². The standard InChI is InChI=1S/C32H37N3O4S.C2H4O2/c1-25(34)32(16-18-35(19-17-32)20-22-38-2)40(36,37)31-14-12-30(13-15-31)39-21-4-6-26-5-3-7-29(23-26)28-10-8-27(24-33)9-11-28;1-2(3)4/h3,5,7-15,23H,1,4,6,16-22,34H2,2H3;1H3,(H,3,4). The Kier molecular flexibility index (Phi) is 12.5. The molecule has 0 atom stereocenters. The lowest BCUT2D eigenvalue weighted by Crippen LogP contribution is -2.52. The fourth-order valence-corrected chi connectivity index (χ4v) is 7.18. The van der Waals surface area contributed by atoms with Crippen LogP contribution in [0, 0.1) is 11.3 Å². The second-order valence-corrected chi connectivity index (χ2v) is 12.9. The van der Waals surface area contributed by atoms with Crippen LogP contribution < -0.4 is 10.5 Å². The van der Waals surface area contributed by atoms with E-state index in [2.05, 4.69) is 35.7 Å². The molecule has 1 aliphatic rings. The molecule has 0 aromatic heterocycles. The zero-order valence-corrected chi connectivity index (χ0v) is 26.2. The van der Waals surface area contributed by atoms with E-state index in [1.165, 1.54) is 5.56 Å². The molecule has 1 heterocycles. The van der Waals surface area contributed by atoms with Crippen LogP contribution in [0.1, 0.15) is 37.3 Å². The molecule has 0 unspecified atom stereocenters. The smallest absolute Gasteiger partial charge is 0.300 e. The summed E-state index contributed by atoms with van der Waals surface area (Å²) < 4.78 is 37.3. The molecule has 234 valence electrons. The van der Waals surface area contributed by atoms with E-state index in [1.807, 2.05) is 30.3 Å². The van der Waals surface area contributed by atoms with Crippen LogP contribution >= 0.6 is 0 Å². The van der Waals surface area contributed by atoms with E-state index >= 15 is 0 Å². The largest absolute Gasteiger partial charge is 0.494 e. The second-order valence-electron chi connectivity index (χ2n) is 10.7. The number of aliphatic carboxylic acids is 1. The van der Waals surface area contributed by atoms with Crippen LogP contribution in [0.2, 0.25) is 0 Å². The van der Waals surface area contributed by atoms with Gasteiger partial charge in [-0.05, 0) is 78.8 Å². The summed E-state index contributed by atoms with van der Waals surface area (Å²) in [5.74, 6) is -0.208. The third-order valence-electron chi connectivity index (χ3n) is 7.66. The van der Waals surface area contributed by atoms with Crippen LogP contribution in [-0.4, -0.2) is 69.1 Å². The van der Waals surface area contributed by atoms with Gasteiger partial charge in [0.25, 0.3) is 5.97 Å². The van der Waals surface area contributed by atoms with Crippen LogP contribution in [0.15, 0.2) is 90.0 Å². The summed E-state index contributed by atoms with van der Waals surface area (Å²) in [7, 11) is -2.07. The van der Waals surface area contributed by atoms with Crippen molar-refractivity contribution in [2.24, 2.45) is 5.73 Å². The van der Waals surface area contributed by atoms with Gasteiger partial charge < -0.3 is 25.2 Å². The molecule has 1 fully saturated rings. The molecule has 1 saturated heterocycles. The van der Waals surface area contributed by atoms with Crippen LogP contribution in [0.3, 0.4) is 0 Å². The van der Waals surface area contributed by atoms with E-state index in [1.54, 1.807) is 31.4 Å². The highest BCUT2D eigenvalue weighted by Gasteiger charge is 2.48. The lowest BCUT2D eigenvalue weighted by atomic mass is 9.93. The third-order valence-corrected chi connectivity index (χ3v) is 10.3. The lowest BCUT2D eigenvalue weighted by molar-refractivity contribution is -0.134. The number of rotatable bonds is 12. The van der Waals surface area contributed by atoms with Gasteiger partial charge in [-0.1, -0.05) is 43.0 Å². The van der Waals surface area contributed by atoms with Crippen molar-refractivity contribution in [2.75, 3.05) is 40.0 Å². The van der Waals surface area contributed by atoms with Gasteiger partial charge in [-0.25, -0.2) is 8.42 Å². The highest BCUT2D eigenvalue weighted by atomic mass is 32.2. The normalized spacial score (nSPS) is 14.5. The molecular formula is C34H41N3O6S. The van der Waals surface area contributed by atoms with Crippen LogP contribution in [0.25, 0.3) is 11.1 Å². The molecule has 4 rings (SSSR count). The third kappa shape index (κ3) is 8.92. The van der Waals surface area contributed by atoms with Crippen molar-refractivity contribution in [2.45, 2.75) is 42.2 Å². The van der Waals surface area contributed by atoms with Crippen molar-refractivity contribution in [3.05, 3.63) is 96.2 Å². The van der Waals surface area contributed by atoms with Gasteiger partial charge in [0.05, 0.1) is 29.7 Å². The van der Waals surface area contributed by atoms with Gasteiger partial charge in [-0.2, -0.15) is 5.26 Å². The number of carboxylic acids is 1. The number of aryl methyl sites for hydroxylation is 1. The van der Waals surface area contributed by atoms with Gasteiger partial charge in [0, 0.05) is 39.4 Å². The first kappa shape index (κ1) is 34.3. The Morgan fingerprint density at radius 3 is 2.25 bits per heavy atom. The molecule has 0 bridgehead atoms. The quantitative estimate of drug-likeness (QED) is 0.266. The van der Waals surface area contributed by atoms with E-state index < -0.39 is 20.6 Å². The average Bonchev–Trinajstić information content (AvgIpc) is 3.02. The fraction of sp³-hybridized carbons (Fsp3) is 0.353. The first-order valence-electron chi connectivity index (χ1n) is 14.4. The highest BCUT2D eigenvalue weighted by Crippen LogP contribution is 2.39. The van der Waals surface area contributed by atoms with Gasteiger partial charge >= 0.3 is 0 Å². The van der Waals surface area contributed by atoms with Gasteiger partial charge in [0.1, 0.15) is 10.5 Å². The van der Waals surface area contributed by atoms with Crippen molar-refractivity contribution in [3.8, 4) is 22.9 Å². The minimum atomic E-state index is -3.73. The Hall–Kier alpha value is -4.17. The number of nitrogens with zero attached hydrogens (tertiary/aromatic N) is 2. The van der Waals surface area contributed by atoms with E-state index in [-0.39, 0.29) is 10.6 Å². The summed E-state index contributed by atoms with van der Waals surface area (Å²) in [5, 5.41) is 16.4. The first-order valence-corrected chi connectivity index (χ1v) is 15.9. The molecule has 3 aromatic rings. The summed E-state index contributed by atoms with van der Waals surface area (Å²) in [5.41, 5.74) is 10.4. The number of carboxylic acid groups (broad SMARTS) is 1. The predicted molar refractivity (Wildman–Crippen MR) is 171 cm³/mol. The molecule has 3 N–H and O–H groups in total. The topological polar surface area (TPSA) is 143 Å². The maximum absolute atomic E-state index is 13.7. The summed E-state index contributed by atoms with van der Waals surface area (Å²) in [6.45, 7) is 8.07. The minimum absolute atomic E-state index is 0.197. The highest BCUT2D eigenvalue weighted by molar-refractivity contribution is 7.93. The number of ether oxygens (including phenoxy) is 2. The molecule has 1 aliphatic heterocycles. The molecule has 3 aromatic carbocycles. The predicted octanol–water partition coefficient (Wildman–Crippen LogP) is 5.05. The number of likely N-dealkylation sites (tertiary alicyclic amines) is 1. The number of piperidine rings is 1. The minimum Gasteiger partial charge on any atom is -0.494 e. The summed E-state index contributed by atoms with van der Waals surface area (Å²) >= 11 is 0. The molecule has 44 heavy (non-hydrogen) atoms. The van der Waals surface area contributed by atoms with Gasteiger partial charge in [0.15, 0.2) is 9.84 Å². The van der Waals surface area contributed by atoms with Crippen molar-refractivity contribution in [1.29, 1.82) is 5.26 Å². The Morgan fingerprint density at radius 1 is 1.05 bits per heavy atom. The second kappa shape index (κ2) is 16.1. The van der Waals surface area contributed by atoms with Crippen molar-refractivity contribution in [3.63, 3.8) is 0 Å². The monoisotopic (exact) mass is 619 g/mol. The molecular weight excluding hydrogens is 578 g/mol. The maximum atomic E-state index is 13.7. The molecule has 9 nitrogen and oxygen atoms in total. The van der Waals surface area contributed by atoms with Gasteiger partial charge in [-0.15, -0.1) is 0 Å². The number of nitriles is 1. The number of carbonyl (C=O) groups is 1. The molecule has 0 saturated carbocycles. The number of sulfone groups is 1. The lowest BCUT2D eigenvalue weighted by Gasteiger charge is -2.41. The molecule has 10 heteroatoms. The maximum Gasteiger partial charge on any atom is 0.300 e.